The van der Waals surface area contributed by atoms with E-state index in [0.29, 0.717) is 6.54 Å². The minimum absolute atomic E-state index is 0.625. The molecule has 122 valence electrons. The lowest BCUT2D eigenvalue weighted by molar-refractivity contribution is 0.122. The molecule has 6 heteroatoms. The van der Waals surface area contributed by atoms with Crippen molar-refractivity contribution in [2.75, 3.05) is 44.3 Å². The van der Waals surface area contributed by atoms with Crippen LogP contribution in [0.1, 0.15) is 25.8 Å². The van der Waals surface area contributed by atoms with Gasteiger partial charge in [-0.2, -0.15) is 0 Å². The Morgan fingerprint density at radius 3 is 2.86 bits per heavy atom. The van der Waals surface area contributed by atoms with E-state index in [-0.39, 0.29) is 0 Å². The van der Waals surface area contributed by atoms with Crippen LogP contribution in [-0.4, -0.2) is 50.3 Å². The molecule has 2 N–H and O–H groups in total. The number of anilines is 1. The van der Waals surface area contributed by atoms with Crippen molar-refractivity contribution >= 4 is 11.8 Å². The molecule has 0 spiro atoms. The summed E-state index contributed by atoms with van der Waals surface area (Å²) < 4.78 is 5.42. The van der Waals surface area contributed by atoms with Crippen molar-refractivity contribution in [3.8, 4) is 0 Å². The minimum atomic E-state index is 0.625. The molecule has 0 aliphatic carbocycles. The smallest absolute Gasteiger partial charge is 0.191 e. The summed E-state index contributed by atoms with van der Waals surface area (Å²) in [4.78, 5) is 11.5. The van der Waals surface area contributed by atoms with Crippen molar-refractivity contribution in [2.24, 2.45) is 4.99 Å². The van der Waals surface area contributed by atoms with Gasteiger partial charge in [-0.05, 0) is 19.4 Å². The average molecular weight is 305 g/mol. The zero-order chi connectivity index (χ0) is 15.6. The third-order valence-corrected chi connectivity index (χ3v) is 3.47. The SMILES string of the molecule is CCCNC(=NCc1cccnc1N1CCOCC1)NCC. The van der Waals surface area contributed by atoms with Crippen LogP contribution in [0.15, 0.2) is 23.3 Å². The highest BCUT2D eigenvalue weighted by Gasteiger charge is 2.15. The summed E-state index contributed by atoms with van der Waals surface area (Å²) in [5.74, 6) is 1.89. The number of ether oxygens (including phenoxy) is 1. The summed E-state index contributed by atoms with van der Waals surface area (Å²) in [6, 6.07) is 4.08. The van der Waals surface area contributed by atoms with Gasteiger partial charge in [-0.3, -0.25) is 0 Å². The van der Waals surface area contributed by atoms with Crippen molar-refractivity contribution in [3.05, 3.63) is 23.9 Å². The van der Waals surface area contributed by atoms with Crippen LogP contribution in [0.5, 0.6) is 0 Å². The number of nitrogens with zero attached hydrogens (tertiary/aromatic N) is 3. The number of morpholine rings is 1. The lowest BCUT2D eigenvalue weighted by Gasteiger charge is -2.29. The first-order valence-corrected chi connectivity index (χ1v) is 8.14. The Morgan fingerprint density at radius 1 is 1.32 bits per heavy atom. The molecule has 22 heavy (non-hydrogen) atoms. The molecule has 1 aliphatic rings. The third-order valence-electron chi connectivity index (χ3n) is 3.47. The Balaban J connectivity index is 2.07. The van der Waals surface area contributed by atoms with Gasteiger partial charge in [0.15, 0.2) is 5.96 Å². The second kappa shape index (κ2) is 9.25. The largest absolute Gasteiger partial charge is 0.378 e. The lowest BCUT2D eigenvalue weighted by Crippen LogP contribution is -2.38. The first-order valence-electron chi connectivity index (χ1n) is 8.14. The molecule has 1 saturated heterocycles. The van der Waals surface area contributed by atoms with Gasteiger partial charge in [0.1, 0.15) is 5.82 Å². The van der Waals surface area contributed by atoms with Crippen LogP contribution in [0.2, 0.25) is 0 Å². The number of hydrogen-bond donors (Lipinski definition) is 2. The molecule has 1 aliphatic heterocycles. The second-order valence-corrected chi connectivity index (χ2v) is 5.21. The predicted molar refractivity (Wildman–Crippen MR) is 90.4 cm³/mol. The quantitative estimate of drug-likeness (QED) is 0.614. The standard InChI is InChI=1S/C16H27N5O/c1-3-7-19-16(17-4-2)20-13-14-6-5-8-18-15(14)21-9-11-22-12-10-21/h5-6,8H,3-4,7,9-13H2,1-2H3,(H2,17,19,20). The monoisotopic (exact) mass is 305 g/mol. The van der Waals surface area contributed by atoms with E-state index in [4.69, 9.17) is 4.74 Å². The molecule has 1 fully saturated rings. The maximum atomic E-state index is 5.42. The van der Waals surface area contributed by atoms with E-state index in [1.165, 1.54) is 0 Å². The van der Waals surface area contributed by atoms with E-state index in [1.807, 2.05) is 12.3 Å². The van der Waals surface area contributed by atoms with E-state index in [0.717, 1.165) is 63.2 Å². The fraction of sp³-hybridized carbons (Fsp3) is 0.625. The van der Waals surface area contributed by atoms with Gasteiger partial charge in [0.2, 0.25) is 0 Å². The van der Waals surface area contributed by atoms with Crippen LogP contribution in [0.3, 0.4) is 0 Å². The van der Waals surface area contributed by atoms with E-state index in [1.54, 1.807) is 0 Å². The highest BCUT2D eigenvalue weighted by atomic mass is 16.5. The summed E-state index contributed by atoms with van der Waals surface area (Å²) in [6.45, 7) is 9.94. The molecular formula is C16H27N5O. The van der Waals surface area contributed by atoms with Gasteiger partial charge < -0.3 is 20.3 Å². The Hall–Kier alpha value is -1.82. The van der Waals surface area contributed by atoms with Crippen molar-refractivity contribution in [1.82, 2.24) is 15.6 Å². The summed E-state index contributed by atoms with van der Waals surface area (Å²) in [5.41, 5.74) is 1.15. The fourth-order valence-electron chi connectivity index (χ4n) is 2.36. The number of guanidine groups is 1. The van der Waals surface area contributed by atoms with Gasteiger partial charge in [0.25, 0.3) is 0 Å². The Morgan fingerprint density at radius 2 is 2.14 bits per heavy atom. The van der Waals surface area contributed by atoms with Gasteiger partial charge in [0.05, 0.1) is 19.8 Å². The maximum Gasteiger partial charge on any atom is 0.191 e. The highest BCUT2D eigenvalue weighted by molar-refractivity contribution is 5.79. The highest BCUT2D eigenvalue weighted by Crippen LogP contribution is 2.19. The molecule has 0 amide bonds. The lowest BCUT2D eigenvalue weighted by atomic mass is 10.2. The van der Waals surface area contributed by atoms with Crippen molar-refractivity contribution < 1.29 is 4.74 Å². The van der Waals surface area contributed by atoms with Gasteiger partial charge in [-0.1, -0.05) is 13.0 Å². The molecule has 1 aromatic heterocycles. The van der Waals surface area contributed by atoms with Gasteiger partial charge in [-0.15, -0.1) is 0 Å². The Bertz CT molecular complexity index is 471. The topological polar surface area (TPSA) is 61.8 Å². The third kappa shape index (κ3) is 4.87. The molecule has 0 saturated carbocycles. The van der Waals surface area contributed by atoms with E-state index >= 15 is 0 Å². The Kier molecular flexibility index (Phi) is 6.96. The van der Waals surface area contributed by atoms with E-state index < -0.39 is 0 Å². The van der Waals surface area contributed by atoms with Gasteiger partial charge >= 0.3 is 0 Å². The number of nitrogens with one attached hydrogen (secondary N) is 2. The fourth-order valence-corrected chi connectivity index (χ4v) is 2.36. The van der Waals surface area contributed by atoms with Crippen molar-refractivity contribution in [2.45, 2.75) is 26.8 Å². The van der Waals surface area contributed by atoms with Crippen LogP contribution in [-0.2, 0) is 11.3 Å². The van der Waals surface area contributed by atoms with Gasteiger partial charge in [-0.25, -0.2) is 9.98 Å². The van der Waals surface area contributed by atoms with Crippen LogP contribution in [0, 0.1) is 0 Å². The minimum Gasteiger partial charge on any atom is -0.378 e. The first-order chi connectivity index (χ1) is 10.8. The van der Waals surface area contributed by atoms with Crippen LogP contribution >= 0.6 is 0 Å². The zero-order valence-electron chi connectivity index (χ0n) is 13.6. The molecular weight excluding hydrogens is 278 g/mol. The maximum absolute atomic E-state index is 5.42. The predicted octanol–water partition coefficient (Wildman–Crippen LogP) is 1.38. The first kappa shape index (κ1) is 16.5. The summed E-state index contributed by atoms with van der Waals surface area (Å²) in [6.07, 6.45) is 2.93. The molecule has 0 aromatic carbocycles. The number of rotatable bonds is 6. The van der Waals surface area contributed by atoms with Crippen LogP contribution < -0.4 is 15.5 Å². The van der Waals surface area contributed by atoms with Crippen molar-refractivity contribution in [3.63, 3.8) is 0 Å². The van der Waals surface area contributed by atoms with Crippen LogP contribution in [0.25, 0.3) is 0 Å². The molecule has 2 rings (SSSR count). The molecule has 1 aromatic rings. The molecule has 2 heterocycles. The summed E-state index contributed by atoms with van der Waals surface area (Å²) in [5, 5.41) is 6.60. The molecule has 0 radical (unpaired) electrons. The van der Waals surface area contributed by atoms with E-state index in [9.17, 15) is 0 Å². The van der Waals surface area contributed by atoms with Crippen molar-refractivity contribution in [1.29, 1.82) is 0 Å². The number of aliphatic imine (C=N–C) groups is 1. The zero-order valence-corrected chi connectivity index (χ0v) is 13.6. The van der Waals surface area contributed by atoms with E-state index in [2.05, 4.69) is 45.4 Å². The second-order valence-electron chi connectivity index (χ2n) is 5.21. The summed E-state index contributed by atoms with van der Waals surface area (Å²) >= 11 is 0. The average Bonchev–Trinajstić information content (AvgIpc) is 2.58. The molecule has 0 unspecified atom stereocenters. The number of aromatic nitrogens is 1. The number of hydrogen-bond acceptors (Lipinski definition) is 4. The summed E-state index contributed by atoms with van der Waals surface area (Å²) in [7, 11) is 0. The van der Waals surface area contributed by atoms with Gasteiger partial charge in [0, 0.05) is 37.9 Å². The number of pyridine rings is 1. The molecule has 0 bridgehead atoms. The molecule has 6 nitrogen and oxygen atoms in total. The molecule has 0 atom stereocenters. The van der Waals surface area contributed by atoms with Crippen LogP contribution in [0.4, 0.5) is 5.82 Å². The normalized spacial score (nSPS) is 15.7. The Labute approximate surface area is 133 Å².